The lowest BCUT2D eigenvalue weighted by atomic mass is 9.95. The quantitative estimate of drug-likeness (QED) is 0.319. The second-order valence-electron chi connectivity index (χ2n) is 7.24. The van der Waals surface area contributed by atoms with E-state index in [4.69, 9.17) is 9.47 Å². The Kier molecular flexibility index (Phi) is 6.28. The van der Waals surface area contributed by atoms with E-state index >= 15 is 0 Å². The molecule has 1 N–H and O–H groups in total. The van der Waals surface area contributed by atoms with Crippen molar-refractivity contribution in [2.24, 2.45) is 0 Å². The largest absolute Gasteiger partial charge is 0.507 e. The smallest absolute Gasteiger partial charge is 0.295 e. The van der Waals surface area contributed by atoms with Crippen LogP contribution in [0, 0.1) is 0 Å². The van der Waals surface area contributed by atoms with Gasteiger partial charge < -0.3 is 19.5 Å². The molecule has 4 rings (SSSR count). The number of aliphatic hydroxyl groups excluding tert-OH is 1. The summed E-state index contributed by atoms with van der Waals surface area (Å²) >= 11 is 1.51. The summed E-state index contributed by atoms with van der Waals surface area (Å²) in [7, 11) is 1.57. The molecule has 1 unspecified atom stereocenters. The van der Waals surface area contributed by atoms with Crippen molar-refractivity contribution in [2.75, 3.05) is 13.7 Å². The zero-order valence-corrected chi connectivity index (χ0v) is 18.6. The molecule has 1 aliphatic heterocycles. The van der Waals surface area contributed by atoms with Crippen molar-refractivity contribution in [3.05, 3.63) is 87.6 Å². The number of benzene rings is 2. The molecule has 0 radical (unpaired) electrons. The number of nitrogens with zero attached hydrogens (tertiary/aromatic N) is 1. The summed E-state index contributed by atoms with van der Waals surface area (Å²) in [5, 5.41) is 13.0. The van der Waals surface area contributed by atoms with Crippen LogP contribution in [0.1, 0.15) is 29.0 Å². The number of aliphatic hydroxyl groups is 1. The summed E-state index contributed by atoms with van der Waals surface area (Å²) in [6, 6.07) is 17.1. The van der Waals surface area contributed by atoms with Crippen molar-refractivity contribution in [1.82, 2.24) is 4.90 Å². The molecule has 164 valence electrons. The molecule has 0 saturated carbocycles. The lowest BCUT2D eigenvalue weighted by Gasteiger charge is -2.25. The topological polar surface area (TPSA) is 76.1 Å². The molecule has 1 aliphatic rings. The van der Waals surface area contributed by atoms with Crippen molar-refractivity contribution < 1.29 is 24.2 Å². The Morgan fingerprint density at radius 1 is 1.03 bits per heavy atom. The molecule has 0 bridgehead atoms. The van der Waals surface area contributed by atoms with E-state index in [1.165, 1.54) is 16.2 Å². The predicted molar refractivity (Wildman–Crippen MR) is 123 cm³/mol. The SMILES string of the molecule is CCOc1ccc(/C(O)=C2\C(=O)C(=O)N(Cc3cccs3)C2c2ccc(OC)cc2)cc1. The van der Waals surface area contributed by atoms with E-state index < -0.39 is 17.7 Å². The van der Waals surface area contributed by atoms with Crippen molar-refractivity contribution in [1.29, 1.82) is 0 Å². The van der Waals surface area contributed by atoms with Crippen LogP contribution in [0.15, 0.2) is 71.6 Å². The zero-order valence-electron chi connectivity index (χ0n) is 17.8. The van der Waals surface area contributed by atoms with Crippen molar-refractivity contribution in [2.45, 2.75) is 19.5 Å². The minimum atomic E-state index is -0.713. The van der Waals surface area contributed by atoms with Crippen molar-refractivity contribution in [3.63, 3.8) is 0 Å². The number of rotatable bonds is 7. The number of ether oxygens (including phenoxy) is 2. The average molecular weight is 450 g/mol. The van der Waals surface area contributed by atoms with Gasteiger partial charge in [0.2, 0.25) is 0 Å². The summed E-state index contributed by atoms with van der Waals surface area (Å²) in [5.41, 5.74) is 1.23. The Labute approximate surface area is 190 Å². The van der Waals surface area contributed by atoms with Crippen LogP contribution in [0.2, 0.25) is 0 Å². The fraction of sp³-hybridized carbons (Fsp3) is 0.200. The Morgan fingerprint density at radius 3 is 2.31 bits per heavy atom. The molecular weight excluding hydrogens is 426 g/mol. The number of amides is 1. The second kappa shape index (κ2) is 9.28. The Morgan fingerprint density at radius 2 is 1.72 bits per heavy atom. The molecule has 1 saturated heterocycles. The lowest BCUT2D eigenvalue weighted by Crippen LogP contribution is -2.28. The van der Waals surface area contributed by atoms with Gasteiger partial charge in [-0.15, -0.1) is 11.3 Å². The van der Waals surface area contributed by atoms with Gasteiger partial charge in [0, 0.05) is 10.4 Å². The van der Waals surface area contributed by atoms with Crippen LogP contribution in [-0.4, -0.2) is 35.4 Å². The minimum absolute atomic E-state index is 0.0703. The first-order chi connectivity index (χ1) is 15.5. The van der Waals surface area contributed by atoms with Crippen molar-refractivity contribution in [3.8, 4) is 11.5 Å². The first-order valence-corrected chi connectivity index (χ1v) is 11.1. The summed E-state index contributed by atoms with van der Waals surface area (Å²) in [6.07, 6.45) is 0. The third-order valence-corrected chi connectivity index (χ3v) is 6.18. The molecule has 1 fully saturated rings. The molecule has 7 heteroatoms. The van der Waals surface area contributed by atoms with Crippen LogP contribution < -0.4 is 9.47 Å². The molecule has 0 aliphatic carbocycles. The molecule has 1 amide bonds. The summed E-state index contributed by atoms with van der Waals surface area (Å²) in [6.45, 7) is 2.69. The molecule has 1 atom stereocenters. The monoisotopic (exact) mass is 449 g/mol. The molecule has 3 aromatic rings. The molecule has 6 nitrogen and oxygen atoms in total. The zero-order chi connectivity index (χ0) is 22.7. The first-order valence-electron chi connectivity index (χ1n) is 10.2. The van der Waals surface area contributed by atoms with Crippen molar-refractivity contribution >= 4 is 28.8 Å². The number of methoxy groups -OCH3 is 1. The standard InChI is InChI=1S/C25H23NO5S/c1-3-31-19-12-8-17(9-13-19)23(27)21-22(16-6-10-18(30-2)11-7-16)26(25(29)24(21)28)15-20-5-4-14-32-20/h4-14,22,27H,3,15H2,1-2H3/b23-21+. The molecule has 0 spiro atoms. The highest BCUT2D eigenvalue weighted by molar-refractivity contribution is 7.09. The maximum Gasteiger partial charge on any atom is 0.295 e. The summed E-state index contributed by atoms with van der Waals surface area (Å²) in [5.74, 6) is -0.217. The Hall–Kier alpha value is -3.58. The molecule has 1 aromatic heterocycles. The number of carbonyl (C=O) groups excluding carboxylic acids is 2. The molecule has 32 heavy (non-hydrogen) atoms. The number of likely N-dealkylation sites (tertiary alicyclic amines) is 1. The normalized spacial score (nSPS) is 17.6. The predicted octanol–water partition coefficient (Wildman–Crippen LogP) is 4.78. The van der Waals surface area contributed by atoms with Crippen LogP contribution in [-0.2, 0) is 16.1 Å². The maximum atomic E-state index is 13.1. The lowest BCUT2D eigenvalue weighted by molar-refractivity contribution is -0.140. The fourth-order valence-corrected chi connectivity index (χ4v) is 4.48. The van der Waals surface area contributed by atoms with Gasteiger partial charge in [-0.2, -0.15) is 0 Å². The Bertz CT molecular complexity index is 1130. The van der Waals surface area contributed by atoms with Crippen LogP contribution in [0.25, 0.3) is 5.76 Å². The number of Topliss-reactive ketones (excluding diaryl/α,β-unsaturated/α-hetero) is 1. The van der Waals surface area contributed by atoms with Crippen LogP contribution in [0.3, 0.4) is 0 Å². The van der Waals surface area contributed by atoms with E-state index in [0.717, 1.165) is 4.88 Å². The number of carbonyl (C=O) groups is 2. The van der Waals surface area contributed by atoms with E-state index in [2.05, 4.69) is 0 Å². The molecule has 2 aromatic carbocycles. The second-order valence-corrected chi connectivity index (χ2v) is 8.27. The van der Waals surface area contributed by atoms with Gasteiger partial charge >= 0.3 is 0 Å². The van der Waals surface area contributed by atoms with E-state index in [1.54, 1.807) is 43.5 Å². The maximum absolute atomic E-state index is 13.1. The van der Waals surface area contributed by atoms with E-state index in [9.17, 15) is 14.7 Å². The fourth-order valence-electron chi connectivity index (χ4n) is 3.78. The summed E-state index contributed by atoms with van der Waals surface area (Å²) < 4.78 is 10.7. The van der Waals surface area contributed by atoms with E-state index in [1.807, 2.05) is 36.6 Å². The third-order valence-electron chi connectivity index (χ3n) is 5.32. The summed E-state index contributed by atoms with van der Waals surface area (Å²) in [4.78, 5) is 28.6. The van der Waals surface area contributed by atoms with Gasteiger partial charge in [0.15, 0.2) is 0 Å². The van der Waals surface area contributed by atoms with Crippen LogP contribution >= 0.6 is 11.3 Å². The van der Waals surface area contributed by atoms with Gasteiger partial charge in [0.25, 0.3) is 11.7 Å². The van der Waals surface area contributed by atoms with Gasteiger partial charge in [0.1, 0.15) is 17.3 Å². The highest BCUT2D eigenvalue weighted by Crippen LogP contribution is 2.41. The van der Waals surface area contributed by atoms with Crippen LogP contribution in [0.4, 0.5) is 0 Å². The third kappa shape index (κ3) is 4.11. The van der Waals surface area contributed by atoms with Gasteiger partial charge in [-0.05, 0) is 60.3 Å². The number of hydrogen-bond donors (Lipinski definition) is 1. The minimum Gasteiger partial charge on any atom is -0.507 e. The molecular formula is C25H23NO5S. The number of ketones is 1. The van der Waals surface area contributed by atoms with E-state index in [-0.39, 0.29) is 17.9 Å². The van der Waals surface area contributed by atoms with E-state index in [0.29, 0.717) is 29.2 Å². The first kappa shape index (κ1) is 21.6. The van der Waals surface area contributed by atoms with Gasteiger partial charge in [-0.3, -0.25) is 9.59 Å². The van der Waals surface area contributed by atoms with Crippen LogP contribution in [0.5, 0.6) is 11.5 Å². The number of hydrogen-bond acceptors (Lipinski definition) is 6. The average Bonchev–Trinajstić information content (AvgIpc) is 3.42. The number of thiophene rings is 1. The highest BCUT2D eigenvalue weighted by Gasteiger charge is 2.46. The van der Waals surface area contributed by atoms with Gasteiger partial charge in [-0.25, -0.2) is 0 Å². The Balaban J connectivity index is 1.80. The van der Waals surface area contributed by atoms with Gasteiger partial charge in [0.05, 0.1) is 31.9 Å². The molecule has 2 heterocycles. The van der Waals surface area contributed by atoms with Gasteiger partial charge in [-0.1, -0.05) is 18.2 Å². The highest BCUT2D eigenvalue weighted by atomic mass is 32.1.